The number of halogens is 1. The van der Waals surface area contributed by atoms with Crippen molar-refractivity contribution in [2.45, 2.75) is 10.6 Å². The van der Waals surface area contributed by atoms with E-state index in [1.165, 1.54) is 4.88 Å². The Morgan fingerprint density at radius 1 is 1.17 bits per heavy atom. The van der Waals surface area contributed by atoms with E-state index >= 15 is 0 Å². The molecule has 3 rings (SSSR count). The zero-order valence-electron chi connectivity index (χ0n) is 9.44. The lowest BCUT2D eigenvalue weighted by Crippen LogP contribution is -2.37. The quantitative estimate of drug-likeness (QED) is 0.627. The second-order valence-corrected chi connectivity index (χ2v) is 6.00. The van der Waals surface area contributed by atoms with Gasteiger partial charge in [0.1, 0.15) is 6.17 Å². The van der Waals surface area contributed by atoms with Gasteiger partial charge in [0.15, 0.2) is 0 Å². The molecular formula is C13H11IN2OS. The Morgan fingerprint density at radius 2 is 2.00 bits per heavy atom. The van der Waals surface area contributed by atoms with Crippen LogP contribution in [0.1, 0.15) is 26.3 Å². The van der Waals surface area contributed by atoms with E-state index in [1.54, 1.807) is 11.3 Å². The number of fused-ring (bicyclic) bond motifs is 1. The van der Waals surface area contributed by atoms with Gasteiger partial charge in [-0.1, -0.05) is 34.7 Å². The van der Waals surface area contributed by atoms with Gasteiger partial charge < -0.3 is 10.6 Å². The number of hydrogen-bond acceptors (Lipinski definition) is 3. The molecule has 0 fully saturated rings. The summed E-state index contributed by atoms with van der Waals surface area (Å²) < 4.78 is 1.000. The molecule has 92 valence electrons. The lowest BCUT2D eigenvalue weighted by atomic mass is 10.1. The summed E-state index contributed by atoms with van der Waals surface area (Å²) in [5.41, 5.74) is 1.61. The summed E-state index contributed by atoms with van der Waals surface area (Å²) in [5, 5.41) is 6.34. The molecule has 0 radical (unpaired) electrons. The lowest BCUT2D eigenvalue weighted by Gasteiger charge is -2.26. The van der Waals surface area contributed by atoms with Crippen molar-refractivity contribution in [3.63, 3.8) is 0 Å². The van der Waals surface area contributed by atoms with Gasteiger partial charge in [-0.25, -0.2) is 0 Å². The largest absolute Gasteiger partial charge is 0.360 e. The van der Waals surface area contributed by atoms with Crippen LogP contribution in [-0.4, -0.2) is 5.91 Å². The highest BCUT2D eigenvalue weighted by Gasteiger charge is 2.24. The Kier molecular flexibility index (Phi) is 3.25. The summed E-state index contributed by atoms with van der Waals surface area (Å²) in [4.78, 5) is 14.5. The van der Waals surface area contributed by atoms with E-state index < -0.39 is 0 Å². The van der Waals surface area contributed by atoms with Crippen LogP contribution in [0.2, 0.25) is 0 Å². The molecule has 1 aliphatic heterocycles. The molecule has 2 aromatic rings. The molecule has 1 unspecified atom stereocenters. The number of carbonyl (C=O) groups excluding carboxylic acids is 1. The van der Waals surface area contributed by atoms with Crippen molar-refractivity contribution in [2.24, 2.45) is 0 Å². The number of alkyl halides is 1. The number of carbonyl (C=O) groups is 1. The molecule has 3 nitrogen and oxygen atoms in total. The van der Waals surface area contributed by atoms with Gasteiger partial charge >= 0.3 is 0 Å². The number of thiophene rings is 1. The number of nitrogens with one attached hydrogen (secondary N) is 2. The number of para-hydroxylation sites is 1. The number of benzene rings is 1. The Labute approximate surface area is 123 Å². The van der Waals surface area contributed by atoms with E-state index in [9.17, 15) is 4.79 Å². The van der Waals surface area contributed by atoms with E-state index in [4.69, 9.17) is 0 Å². The zero-order chi connectivity index (χ0) is 12.5. The maximum absolute atomic E-state index is 12.0. The van der Waals surface area contributed by atoms with E-state index in [1.807, 2.05) is 24.3 Å². The number of hydrogen-bond donors (Lipinski definition) is 2. The minimum atomic E-state index is -0.117. The van der Waals surface area contributed by atoms with Crippen LogP contribution < -0.4 is 10.6 Å². The van der Waals surface area contributed by atoms with Crippen LogP contribution in [0.5, 0.6) is 0 Å². The molecule has 0 bridgehead atoms. The highest BCUT2D eigenvalue weighted by molar-refractivity contribution is 14.1. The molecular weight excluding hydrogens is 359 g/mol. The van der Waals surface area contributed by atoms with Crippen molar-refractivity contribution in [3.8, 4) is 0 Å². The van der Waals surface area contributed by atoms with Crippen LogP contribution in [0.15, 0.2) is 36.4 Å². The highest BCUT2D eigenvalue weighted by Crippen LogP contribution is 2.30. The third-order valence-corrected chi connectivity index (χ3v) is 5.34. The topological polar surface area (TPSA) is 41.1 Å². The number of anilines is 1. The van der Waals surface area contributed by atoms with Crippen molar-refractivity contribution < 1.29 is 4.79 Å². The van der Waals surface area contributed by atoms with Gasteiger partial charge in [-0.3, -0.25) is 4.79 Å². The van der Waals surface area contributed by atoms with Crippen molar-refractivity contribution in [2.75, 3.05) is 5.32 Å². The van der Waals surface area contributed by atoms with Crippen molar-refractivity contribution >= 4 is 45.5 Å². The van der Waals surface area contributed by atoms with E-state index in [0.717, 1.165) is 15.0 Å². The van der Waals surface area contributed by atoms with E-state index in [0.29, 0.717) is 5.56 Å². The Morgan fingerprint density at radius 3 is 2.78 bits per heavy atom. The summed E-state index contributed by atoms with van der Waals surface area (Å²) in [6.45, 7) is 0. The monoisotopic (exact) mass is 370 g/mol. The van der Waals surface area contributed by atoms with Gasteiger partial charge in [0.05, 0.1) is 5.56 Å². The molecule has 0 saturated heterocycles. The highest BCUT2D eigenvalue weighted by atomic mass is 127. The Balaban J connectivity index is 1.92. The van der Waals surface area contributed by atoms with Crippen LogP contribution in [0.4, 0.5) is 5.69 Å². The third-order valence-electron chi connectivity index (χ3n) is 2.85. The first-order valence-corrected chi connectivity index (χ1v) is 7.93. The van der Waals surface area contributed by atoms with Gasteiger partial charge in [-0.05, 0) is 24.3 Å². The summed E-state index contributed by atoms with van der Waals surface area (Å²) in [6, 6.07) is 11.8. The van der Waals surface area contributed by atoms with E-state index in [2.05, 4.69) is 45.4 Å². The van der Waals surface area contributed by atoms with Crippen molar-refractivity contribution in [3.05, 3.63) is 51.7 Å². The number of rotatable bonds is 2. The fraction of sp³-hybridized carbons (Fsp3) is 0.154. The molecule has 2 heterocycles. The van der Waals surface area contributed by atoms with Crippen LogP contribution in [-0.2, 0) is 4.43 Å². The molecule has 0 aliphatic carbocycles. The molecule has 1 aromatic carbocycles. The van der Waals surface area contributed by atoms with Crippen LogP contribution in [0, 0.1) is 0 Å². The van der Waals surface area contributed by atoms with Gasteiger partial charge in [0.25, 0.3) is 5.91 Å². The second kappa shape index (κ2) is 4.89. The lowest BCUT2D eigenvalue weighted by molar-refractivity contribution is 0.0936. The van der Waals surface area contributed by atoms with Crippen LogP contribution in [0.3, 0.4) is 0 Å². The molecule has 1 aromatic heterocycles. The first kappa shape index (κ1) is 12.0. The normalized spacial score (nSPS) is 17.8. The van der Waals surface area contributed by atoms with E-state index in [-0.39, 0.29) is 12.1 Å². The van der Waals surface area contributed by atoms with Crippen LogP contribution >= 0.6 is 33.9 Å². The van der Waals surface area contributed by atoms with Gasteiger partial charge in [0, 0.05) is 19.9 Å². The minimum Gasteiger partial charge on any atom is -0.360 e. The minimum absolute atomic E-state index is 0.0150. The maximum Gasteiger partial charge on any atom is 0.255 e. The molecule has 0 saturated carbocycles. The van der Waals surface area contributed by atoms with Crippen LogP contribution in [0.25, 0.3) is 0 Å². The Bertz CT molecular complexity index is 596. The van der Waals surface area contributed by atoms with Gasteiger partial charge in [0.2, 0.25) is 0 Å². The molecule has 5 heteroatoms. The fourth-order valence-corrected chi connectivity index (χ4v) is 3.56. The fourth-order valence-electron chi connectivity index (χ4n) is 1.97. The zero-order valence-corrected chi connectivity index (χ0v) is 12.4. The average Bonchev–Trinajstić information content (AvgIpc) is 2.87. The SMILES string of the molecule is O=C1NC(c2ccc(CI)s2)Nc2ccccc21. The summed E-state index contributed by atoms with van der Waals surface area (Å²) in [6.07, 6.45) is -0.117. The first-order valence-electron chi connectivity index (χ1n) is 5.59. The molecule has 1 atom stereocenters. The van der Waals surface area contributed by atoms with Crippen molar-refractivity contribution in [1.29, 1.82) is 0 Å². The predicted molar refractivity (Wildman–Crippen MR) is 82.3 cm³/mol. The molecule has 2 N–H and O–H groups in total. The first-order chi connectivity index (χ1) is 8.78. The average molecular weight is 370 g/mol. The maximum atomic E-state index is 12.0. The van der Waals surface area contributed by atoms with Gasteiger partial charge in [-0.2, -0.15) is 0 Å². The Hall–Kier alpha value is -1.08. The third kappa shape index (κ3) is 2.12. The second-order valence-electron chi connectivity index (χ2n) is 4.03. The van der Waals surface area contributed by atoms with Crippen molar-refractivity contribution in [1.82, 2.24) is 5.32 Å². The van der Waals surface area contributed by atoms with Gasteiger partial charge in [-0.15, -0.1) is 11.3 Å². The molecule has 1 amide bonds. The predicted octanol–water partition coefficient (Wildman–Crippen LogP) is 3.54. The molecule has 18 heavy (non-hydrogen) atoms. The summed E-state index contributed by atoms with van der Waals surface area (Å²) in [5.74, 6) is -0.0150. The summed E-state index contributed by atoms with van der Waals surface area (Å²) in [7, 11) is 0. The standard InChI is InChI=1S/C13H11IN2OS/c14-7-8-5-6-11(18-8)12-15-10-4-2-1-3-9(10)13(17)16-12/h1-6,12,15H,7H2,(H,16,17). The molecule has 0 spiro atoms. The number of amides is 1. The molecule has 1 aliphatic rings. The smallest absolute Gasteiger partial charge is 0.255 e. The summed E-state index contributed by atoms with van der Waals surface area (Å²) >= 11 is 4.08.